The van der Waals surface area contributed by atoms with E-state index in [0.29, 0.717) is 23.4 Å². The van der Waals surface area contributed by atoms with Crippen molar-refractivity contribution in [3.63, 3.8) is 0 Å². The van der Waals surface area contributed by atoms with E-state index < -0.39 is 30.3 Å². The summed E-state index contributed by atoms with van der Waals surface area (Å²) in [4.78, 5) is 41.3. The van der Waals surface area contributed by atoms with Crippen LogP contribution in [0.15, 0.2) is 18.2 Å². The van der Waals surface area contributed by atoms with Crippen LogP contribution in [0.5, 0.6) is 5.75 Å². The number of esters is 2. The average molecular weight is 434 g/mol. The number of halogens is 1. The largest absolute Gasteiger partial charge is 0.494 e. The van der Waals surface area contributed by atoms with Crippen LogP contribution < -0.4 is 4.74 Å². The molecule has 1 N–H and O–H groups in total. The highest BCUT2D eigenvalue weighted by Gasteiger charge is 2.25. The number of aromatic nitrogens is 1. The summed E-state index contributed by atoms with van der Waals surface area (Å²) in [7, 11) is 1.37. The SMILES string of the molecule is CCOC(=O)c1[nH]c(C)c(C(=O)OCC(=O)N(CC)Cc2ccc(OC)c(F)c2)c1C. The minimum absolute atomic E-state index is 0.117. The molecule has 0 aliphatic carbocycles. The van der Waals surface area contributed by atoms with Crippen LogP contribution in [0.1, 0.15) is 51.5 Å². The molecule has 0 fully saturated rings. The Morgan fingerprint density at radius 1 is 1.10 bits per heavy atom. The molecular weight excluding hydrogens is 407 g/mol. The Morgan fingerprint density at radius 2 is 1.81 bits per heavy atom. The van der Waals surface area contributed by atoms with Gasteiger partial charge in [-0.05, 0) is 51.0 Å². The van der Waals surface area contributed by atoms with E-state index in [2.05, 4.69) is 4.98 Å². The number of H-pyrrole nitrogens is 1. The summed E-state index contributed by atoms with van der Waals surface area (Å²) in [6, 6.07) is 4.44. The molecule has 0 unspecified atom stereocenters. The first-order valence-electron chi connectivity index (χ1n) is 9.86. The second kappa shape index (κ2) is 10.6. The van der Waals surface area contributed by atoms with Gasteiger partial charge in [0.2, 0.25) is 0 Å². The molecule has 0 aliphatic heterocycles. The van der Waals surface area contributed by atoms with Crippen LogP contribution in [0.4, 0.5) is 4.39 Å². The van der Waals surface area contributed by atoms with Gasteiger partial charge < -0.3 is 24.1 Å². The Labute approximate surface area is 180 Å². The molecule has 1 heterocycles. The van der Waals surface area contributed by atoms with E-state index in [1.54, 1.807) is 33.8 Å². The highest BCUT2D eigenvalue weighted by molar-refractivity contribution is 5.99. The van der Waals surface area contributed by atoms with Gasteiger partial charge in [-0.15, -0.1) is 0 Å². The van der Waals surface area contributed by atoms with Crippen molar-refractivity contribution in [1.29, 1.82) is 0 Å². The van der Waals surface area contributed by atoms with Gasteiger partial charge in [-0.1, -0.05) is 6.07 Å². The number of methoxy groups -OCH3 is 1. The number of rotatable bonds is 9. The Bertz CT molecular complexity index is 969. The Morgan fingerprint density at radius 3 is 2.39 bits per heavy atom. The number of nitrogens with one attached hydrogen (secondary N) is 1. The van der Waals surface area contributed by atoms with E-state index in [4.69, 9.17) is 14.2 Å². The third-order valence-corrected chi connectivity index (χ3v) is 4.77. The number of benzene rings is 1. The number of hydrogen-bond acceptors (Lipinski definition) is 6. The van der Waals surface area contributed by atoms with Gasteiger partial charge in [-0.3, -0.25) is 4.79 Å². The fourth-order valence-corrected chi connectivity index (χ4v) is 3.16. The summed E-state index contributed by atoms with van der Waals surface area (Å²) in [5.41, 5.74) is 1.79. The van der Waals surface area contributed by atoms with Gasteiger partial charge in [0, 0.05) is 18.8 Å². The number of aryl methyl sites for hydroxylation is 1. The Balaban J connectivity index is 2.04. The maximum atomic E-state index is 13.9. The quantitative estimate of drug-likeness (QED) is 0.609. The van der Waals surface area contributed by atoms with Gasteiger partial charge in [0.05, 0.1) is 19.3 Å². The monoisotopic (exact) mass is 434 g/mol. The molecule has 0 aliphatic rings. The first-order valence-corrected chi connectivity index (χ1v) is 9.86. The summed E-state index contributed by atoms with van der Waals surface area (Å²) < 4.78 is 28.9. The van der Waals surface area contributed by atoms with E-state index in [9.17, 15) is 18.8 Å². The summed E-state index contributed by atoms with van der Waals surface area (Å²) in [5.74, 6) is -2.12. The summed E-state index contributed by atoms with van der Waals surface area (Å²) in [5, 5.41) is 0. The van der Waals surface area contributed by atoms with Gasteiger partial charge >= 0.3 is 11.9 Å². The molecule has 0 saturated heterocycles. The molecule has 0 saturated carbocycles. The molecule has 9 heteroatoms. The molecule has 168 valence electrons. The van der Waals surface area contributed by atoms with Crippen molar-refractivity contribution in [2.45, 2.75) is 34.2 Å². The van der Waals surface area contributed by atoms with Crippen molar-refractivity contribution in [2.75, 3.05) is 26.9 Å². The Hall–Kier alpha value is -3.36. The van der Waals surface area contributed by atoms with Crippen molar-refractivity contribution in [2.24, 2.45) is 0 Å². The van der Waals surface area contributed by atoms with Crippen molar-refractivity contribution < 1.29 is 33.0 Å². The maximum Gasteiger partial charge on any atom is 0.355 e. The molecule has 2 rings (SSSR count). The normalized spacial score (nSPS) is 10.5. The van der Waals surface area contributed by atoms with E-state index in [0.717, 1.165) is 0 Å². The number of carbonyl (C=O) groups excluding carboxylic acids is 3. The van der Waals surface area contributed by atoms with Gasteiger partial charge in [0.1, 0.15) is 5.69 Å². The lowest BCUT2D eigenvalue weighted by atomic mass is 10.1. The van der Waals surface area contributed by atoms with Crippen molar-refractivity contribution in [3.8, 4) is 5.75 Å². The molecule has 0 atom stereocenters. The number of nitrogens with zero attached hydrogens (tertiary/aromatic N) is 1. The Kier molecular flexibility index (Phi) is 8.18. The number of amides is 1. The molecule has 1 aromatic carbocycles. The van der Waals surface area contributed by atoms with Crippen LogP contribution in [0.3, 0.4) is 0 Å². The minimum Gasteiger partial charge on any atom is -0.494 e. The standard InChI is InChI=1S/C22H27FN2O6/c1-6-25(11-15-8-9-17(29-5)16(23)10-15)18(26)12-31-21(27)19-13(3)20(24-14(19)4)22(28)30-7-2/h8-10,24H,6-7,11-12H2,1-5H3. The zero-order valence-corrected chi connectivity index (χ0v) is 18.3. The molecular formula is C22H27FN2O6. The zero-order valence-electron chi connectivity index (χ0n) is 18.3. The van der Waals surface area contributed by atoms with Gasteiger partial charge in [0.15, 0.2) is 18.2 Å². The first-order chi connectivity index (χ1) is 14.7. The fourth-order valence-electron chi connectivity index (χ4n) is 3.16. The highest BCUT2D eigenvalue weighted by Crippen LogP contribution is 2.21. The lowest BCUT2D eigenvalue weighted by Gasteiger charge is -2.21. The smallest absolute Gasteiger partial charge is 0.355 e. The van der Waals surface area contributed by atoms with Crippen molar-refractivity contribution in [3.05, 3.63) is 52.1 Å². The summed E-state index contributed by atoms with van der Waals surface area (Å²) >= 11 is 0. The second-order valence-corrected chi connectivity index (χ2v) is 6.80. The highest BCUT2D eigenvalue weighted by atomic mass is 19.1. The molecule has 8 nitrogen and oxygen atoms in total. The van der Waals surface area contributed by atoms with Crippen LogP contribution >= 0.6 is 0 Å². The number of hydrogen-bond donors (Lipinski definition) is 1. The fraction of sp³-hybridized carbons (Fsp3) is 0.409. The summed E-state index contributed by atoms with van der Waals surface area (Å²) in [6.07, 6.45) is 0. The third kappa shape index (κ3) is 5.62. The lowest BCUT2D eigenvalue weighted by molar-refractivity contribution is -0.135. The van der Waals surface area contributed by atoms with Crippen LogP contribution in [0, 0.1) is 19.7 Å². The molecule has 0 bridgehead atoms. The summed E-state index contributed by atoms with van der Waals surface area (Å²) in [6.45, 7) is 6.91. The van der Waals surface area contributed by atoms with Gasteiger partial charge in [-0.2, -0.15) is 0 Å². The molecule has 1 aromatic heterocycles. The minimum atomic E-state index is -0.721. The topological polar surface area (TPSA) is 97.9 Å². The number of carbonyl (C=O) groups is 3. The van der Waals surface area contributed by atoms with Gasteiger partial charge in [0.25, 0.3) is 5.91 Å². The van der Waals surface area contributed by atoms with Crippen molar-refractivity contribution in [1.82, 2.24) is 9.88 Å². The first kappa shape index (κ1) is 23.9. The predicted octanol–water partition coefficient (Wildman–Crippen LogP) is 3.16. The van der Waals surface area contributed by atoms with Crippen LogP contribution in [-0.2, 0) is 20.8 Å². The van der Waals surface area contributed by atoms with E-state index >= 15 is 0 Å². The number of likely N-dealkylation sites (N-methyl/N-ethyl adjacent to an activating group) is 1. The van der Waals surface area contributed by atoms with E-state index in [1.165, 1.54) is 24.1 Å². The maximum absolute atomic E-state index is 13.9. The zero-order chi connectivity index (χ0) is 23.1. The van der Waals surface area contributed by atoms with E-state index in [1.807, 2.05) is 0 Å². The van der Waals surface area contributed by atoms with Crippen molar-refractivity contribution >= 4 is 17.8 Å². The van der Waals surface area contributed by atoms with Crippen LogP contribution in [-0.4, -0.2) is 54.6 Å². The van der Waals surface area contributed by atoms with Gasteiger partial charge in [-0.25, -0.2) is 14.0 Å². The van der Waals surface area contributed by atoms with Crippen LogP contribution in [0.25, 0.3) is 0 Å². The third-order valence-electron chi connectivity index (χ3n) is 4.77. The van der Waals surface area contributed by atoms with Crippen LogP contribution in [0.2, 0.25) is 0 Å². The van der Waals surface area contributed by atoms with E-state index in [-0.39, 0.29) is 30.2 Å². The number of ether oxygens (including phenoxy) is 3. The molecule has 0 radical (unpaired) electrons. The average Bonchev–Trinajstić information content (AvgIpc) is 3.04. The predicted molar refractivity (Wildman–Crippen MR) is 111 cm³/mol. The number of aromatic amines is 1. The molecule has 2 aromatic rings. The second-order valence-electron chi connectivity index (χ2n) is 6.80. The lowest BCUT2D eigenvalue weighted by Crippen LogP contribution is -2.34. The molecule has 0 spiro atoms. The molecule has 1 amide bonds. The molecule has 31 heavy (non-hydrogen) atoms.